The second-order valence-corrected chi connectivity index (χ2v) is 6.97. The van der Waals surface area contributed by atoms with E-state index in [9.17, 15) is 9.59 Å². The molecule has 6 heteroatoms. The maximum atomic E-state index is 11.7. The number of esters is 1. The summed E-state index contributed by atoms with van der Waals surface area (Å²) in [6.07, 6.45) is 3.66. The van der Waals surface area contributed by atoms with Crippen LogP contribution in [0.5, 0.6) is 5.75 Å². The van der Waals surface area contributed by atoms with Crippen LogP contribution < -0.4 is 9.09 Å². The summed E-state index contributed by atoms with van der Waals surface area (Å²) in [5, 5.41) is 0.407. The monoisotopic (exact) mass is 341 g/mol. The van der Waals surface area contributed by atoms with Crippen LogP contribution in [0.15, 0.2) is 12.1 Å². The molecule has 0 atom stereocenters. The van der Waals surface area contributed by atoms with Crippen LogP contribution in [0.25, 0.3) is 6.08 Å². The number of hydrogen-bond donors (Lipinski definition) is 0. The molecular weight excluding hydrogens is 331 g/mol. The number of halogens is 1. The Morgan fingerprint density at radius 3 is 2.84 bits per heavy atom. The normalized spacial score (nSPS) is 13.2. The van der Waals surface area contributed by atoms with Crippen molar-refractivity contribution in [3.8, 4) is 5.75 Å². The number of benzene rings is 1. The molecule has 0 bridgehead atoms. The molecule has 0 saturated carbocycles. The van der Waals surface area contributed by atoms with Gasteiger partial charge in [0.25, 0.3) is 0 Å². The Labute approximate surface area is 122 Å². The van der Waals surface area contributed by atoms with Crippen molar-refractivity contribution in [3.05, 3.63) is 28.3 Å². The molecule has 1 aliphatic rings. The summed E-state index contributed by atoms with van der Waals surface area (Å²) in [6, 6.07) is 1.51. The van der Waals surface area contributed by atoms with E-state index in [1.165, 1.54) is 20.1 Å². The summed E-state index contributed by atoms with van der Waals surface area (Å²) < 4.78 is 11.1. The second-order valence-electron chi connectivity index (χ2n) is 3.83. The quantitative estimate of drug-likeness (QED) is 0.616. The predicted octanol–water partition coefficient (Wildman–Crippen LogP) is 1.41. The molecule has 0 aromatic heterocycles. The zero-order valence-electron chi connectivity index (χ0n) is 10.4. The summed E-state index contributed by atoms with van der Waals surface area (Å²) in [4.78, 5) is 23.1. The van der Waals surface area contributed by atoms with Crippen molar-refractivity contribution in [2.45, 2.75) is 6.92 Å². The van der Waals surface area contributed by atoms with Gasteiger partial charge in [-0.05, 0) is 0 Å². The van der Waals surface area contributed by atoms with Crippen molar-refractivity contribution in [2.24, 2.45) is 0 Å². The van der Waals surface area contributed by atoms with Gasteiger partial charge in [-0.2, -0.15) is 0 Å². The molecule has 4 nitrogen and oxygen atoms in total. The van der Waals surface area contributed by atoms with Crippen molar-refractivity contribution in [1.29, 1.82) is 0 Å². The minimum atomic E-state index is -0.705. The summed E-state index contributed by atoms with van der Waals surface area (Å²) in [7, 11) is 1.30. The van der Waals surface area contributed by atoms with Crippen LogP contribution >= 0.6 is 11.6 Å². The number of ether oxygens (including phenoxy) is 2. The van der Waals surface area contributed by atoms with E-state index >= 15 is 0 Å². The van der Waals surface area contributed by atoms with Gasteiger partial charge in [0, 0.05) is 0 Å². The van der Waals surface area contributed by atoms with Crippen molar-refractivity contribution in [1.82, 2.24) is 0 Å². The fraction of sp³-hybridized carbons (Fsp3) is 0.231. The van der Waals surface area contributed by atoms with Gasteiger partial charge in [-0.15, -0.1) is 0 Å². The Kier molecular flexibility index (Phi) is 4.33. The predicted molar refractivity (Wildman–Crippen MR) is 73.4 cm³/mol. The Bertz CT molecular complexity index is 580. The molecule has 1 heterocycles. The van der Waals surface area contributed by atoms with Crippen LogP contribution in [0.1, 0.15) is 22.8 Å². The SMILES string of the molecule is COC(=O)c1cc(Cl)c([As]C(C)=O)c2c1OCC=C2. The van der Waals surface area contributed by atoms with E-state index in [2.05, 4.69) is 0 Å². The van der Waals surface area contributed by atoms with E-state index < -0.39 is 21.7 Å². The van der Waals surface area contributed by atoms with E-state index in [1.807, 2.05) is 12.2 Å². The zero-order chi connectivity index (χ0) is 14.0. The molecule has 0 unspecified atom stereocenters. The van der Waals surface area contributed by atoms with Crippen LogP contribution in [0.2, 0.25) is 5.02 Å². The van der Waals surface area contributed by atoms with E-state index in [0.717, 1.165) is 4.35 Å². The van der Waals surface area contributed by atoms with E-state index in [4.69, 9.17) is 21.1 Å². The molecule has 1 radical (unpaired) electrons. The Morgan fingerprint density at radius 1 is 1.47 bits per heavy atom. The molecule has 1 aliphatic heterocycles. The standard InChI is InChI=1S/C13H11AsClO4/c1-7(16)14-11-8-4-3-5-19-12(8)9(6-10(11)15)13(17)18-2/h3-4,6H,5H2,1-2H3. The van der Waals surface area contributed by atoms with Crippen molar-refractivity contribution >= 4 is 48.3 Å². The van der Waals surface area contributed by atoms with Crippen molar-refractivity contribution < 1.29 is 19.1 Å². The molecule has 2 rings (SSSR count). The van der Waals surface area contributed by atoms with Gasteiger partial charge in [0.05, 0.1) is 0 Å². The van der Waals surface area contributed by atoms with Gasteiger partial charge >= 0.3 is 122 Å². The molecule has 99 valence electrons. The first-order chi connectivity index (χ1) is 9.04. The van der Waals surface area contributed by atoms with E-state index in [-0.39, 0.29) is 4.57 Å². The van der Waals surface area contributed by atoms with Gasteiger partial charge in [-0.3, -0.25) is 0 Å². The van der Waals surface area contributed by atoms with Crippen molar-refractivity contribution in [3.63, 3.8) is 0 Å². The average molecular weight is 342 g/mol. The summed E-state index contributed by atoms with van der Waals surface area (Å²) in [5.41, 5.74) is 1.01. The molecule has 1 aromatic carbocycles. The minimum absolute atomic E-state index is 0.0881. The molecule has 0 aliphatic carbocycles. The fourth-order valence-corrected chi connectivity index (χ4v) is 3.85. The van der Waals surface area contributed by atoms with Crippen LogP contribution in [-0.4, -0.2) is 40.0 Å². The molecule has 0 spiro atoms. The summed E-state index contributed by atoms with van der Waals surface area (Å²) in [5.74, 6) is -0.0515. The number of fused-ring (bicyclic) bond motifs is 1. The van der Waals surface area contributed by atoms with Gasteiger partial charge in [0.15, 0.2) is 0 Å². The van der Waals surface area contributed by atoms with E-state index in [1.54, 1.807) is 0 Å². The first-order valence-electron chi connectivity index (χ1n) is 5.51. The van der Waals surface area contributed by atoms with Gasteiger partial charge in [0.2, 0.25) is 0 Å². The third-order valence-electron chi connectivity index (χ3n) is 2.52. The number of carbonyl (C=O) groups is 2. The van der Waals surface area contributed by atoms with Gasteiger partial charge in [-0.1, -0.05) is 0 Å². The van der Waals surface area contributed by atoms with Gasteiger partial charge in [0.1, 0.15) is 0 Å². The third-order valence-corrected chi connectivity index (χ3v) is 5.25. The second kappa shape index (κ2) is 5.81. The van der Waals surface area contributed by atoms with Gasteiger partial charge < -0.3 is 0 Å². The molecule has 0 saturated heterocycles. The zero-order valence-corrected chi connectivity index (χ0v) is 13.0. The van der Waals surface area contributed by atoms with Crippen LogP contribution in [0.4, 0.5) is 0 Å². The number of rotatable bonds is 3. The van der Waals surface area contributed by atoms with Crippen LogP contribution in [-0.2, 0) is 9.53 Å². The van der Waals surface area contributed by atoms with E-state index in [0.29, 0.717) is 28.5 Å². The molecule has 1 aromatic rings. The Balaban J connectivity index is 2.64. The Morgan fingerprint density at radius 2 is 2.21 bits per heavy atom. The number of hydrogen-bond acceptors (Lipinski definition) is 4. The average Bonchev–Trinajstić information content (AvgIpc) is 2.40. The molecule has 19 heavy (non-hydrogen) atoms. The summed E-state index contributed by atoms with van der Waals surface area (Å²) in [6.45, 7) is 1.92. The van der Waals surface area contributed by atoms with Crippen LogP contribution in [0.3, 0.4) is 0 Å². The fourth-order valence-electron chi connectivity index (χ4n) is 1.78. The molecule has 0 fully saturated rings. The third kappa shape index (κ3) is 2.85. The molecule has 0 N–H and O–H groups in total. The first kappa shape index (κ1) is 14.2. The molecule has 0 amide bonds. The summed E-state index contributed by atoms with van der Waals surface area (Å²) >= 11 is 5.48. The first-order valence-corrected chi connectivity index (χ1v) is 7.76. The topological polar surface area (TPSA) is 52.6 Å². The Hall–Kier alpha value is -1.25. The maximum absolute atomic E-state index is 11.7. The number of methoxy groups -OCH3 is 1. The molecular formula is C13H11AsClO4. The number of carbonyl (C=O) groups excluding carboxylic acids is 2. The van der Waals surface area contributed by atoms with Crippen molar-refractivity contribution in [2.75, 3.05) is 13.7 Å². The van der Waals surface area contributed by atoms with Gasteiger partial charge in [-0.25, -0.2) is 0 Å². The van der Waals surface area contributed by atoms with Crippen LogP contribution in [0, 0.1) is 0 Å².